The van der Waals surface area contributed by atoms with Crippen molar-refractivity contribution >= 4 is 40.6 Å². The van der Waals surface area contributed by atoms with Crippen LogP contribution < -0.4 is 5.32 Å². The van der Waals surface area contributed by atoms with Crippen molar-refractivity contribution in [3.63, 3.8) is 0 Å². The number of carbonyl (C=O) groups is 1. The van der Waals surface area contributed by atoms with Crippen LogP contribution >= 0.6 is 23.4 Å². The van der Waals surface area contributed by atoms with E-state index in [9.17, 15) is 4.79 Å². The van der Waals surface area contributed by atoms with Gasteiger partial charge in [-0.15, -0.1) is 10.2 Å². The van der Waals surface area contributed by atoms with Crippen LogP contribution in [0.5, 0.6) is 0 Å². The summed E-state index contributed by atoms with van der Waals surface area (Å²) in [5.74, 6) is 0.0324. The van der Waals surface area contributed by atoms with Crippen LogP contribution in [0.1, 0.15) is 11.3 Å². The second-order valence-electron chi connectivity index (χ2n) is 5.00. The zero-order valence-corrected chi connectivity index (χ0v) is 14.1. The van der Waals surface area contributed by atoms with Crippen LogP contribution in [0.3, 0.4) is 0 Å². The second-order valence-corrected chi connectivity index (χ2v) is 6.35. The van der Waals surface area contributed by atoms with Crippen molar-refractivity contribution < 1.29 is 4.79 Å². The van der Waals surface area contributed by atoms with E-state index in [1.807, 2.05) is 32.0 Å². The molecule has 23 heavy (non-hydrogen) atoms. The van der Waals surface area contributed by atoms with Crippen molar-refractivity contribution in [3.05, 3.63) is 46.6 Å². The highest BCUT2D eigenvalue weighted by Crippen LogP contribution is 2.22. The Bertz CT molecular complexity index is 879. The Morgan fingerprint density at radius 3 is 2.87 bits per heavy atom. The molecular weight excluding hydrogens is 334 g/mol. The van der Waals surface area contributed by atoms with Gasteiger partial charge in [0.1, 0.15) is 0 Å². The molecule has 2 aromatic heterocycles. The lowest BCUT2D eigenvalue weighted by Gasteiger charge is -2.06. The fourth-order valence-corrected chi connectivity index (χ4v) is 3.00. The van der Waals surface area contributed by atoms with Crippen molar-refractivity contribution in [2.45, 2.75) is 19.0 Å². The largest absolute Gasteiger partial charge is 0.324 e. The van der Waals surface area contributed by atoms with Gasteiger partial charge in [-0.25, -0.2) is 0 Å². The molecule has 8 heteroatoms. The van der Waals surface area contributed by atoms with Crippen molar-refractivity contribution in [3.8, 4) is 0 Å². The molecule has 3 rings (SSSR count). The Morgan fingerprint density at radius 1 is 1.30 bits per heavy atom. The topological polar surface area (TPSA) is 72.2 Å². The van der Waals surface area contributed by atoms with Gasteiger partial charge in [0.25, 0.3) is 0 Å². The molecule has 0 atom stereocenters. The molecule has 0 bridgehead atoms. The minimum atomic E-state index is -0.163. The summed E-state index contributed by atoms with van der Waals surface area (Å²) in [4.78, 5) is 12.1. The molecule has 0 aliphatic heterocycles. The molecule has 118 valence electrons. The predicted octanol–water partition coefficient (Wildman–Crippen LogP) is 3.13. The molecule has 0 fully saturated rings. The molecule has 0 spiro atoms. The van der Waals surface area contributed by atoms with Crippen molar-refractivity contribution in [2.75, 3.05) is 11.1 Å². The minimum absolute atomic E-state index is 0.163. The summed E-state index contributed by atoms with van der Waals surface area (Å²) in [5, 5.41) is 16.5. The van der Waals surface area contributed by atoms with Gasteiger partial charge in [-0.05, 0) is 37.6 Å². The predicted molar refractivity (Wildman–Crippen MR) is 91.1 cm³/mol. The van der Waals surface area contributed by atoms with E-state index in [1.54, 1.807) is 16.6 Å². The van der Waals surface area contributed by atoms with Gasteiger partial charge in [0.05, 0.1) is 22.2 Å². The average molecular weight is 348 g/mol. The third-order valence-corrected chi connectivity index (χ3v) is 4.38. The molecule has 6 nitrogen and oxygen atoms in total. The number of aromatic nitrogens is 4. The van der Waals surface area contributed by atoms with Crippen LogP contribution in [0.2, 0.25) is 5.02 Å². The number of nitrogens with one attached hydrogen (secondary N) is 1. The lowest BCUT2D eigenvalue weighted by Crippen LogP contribution is -2.14. The number of amides is 1. The molecule has 0 radical (unpaired) electrons. The van der Waals surface area contributed by atoms with E-state index in [0.29, 0.717) is 21.5 Å². The van der Waals surface area contributed by atoms with E-state index in [4.69, 9.17) is 11.6 Å². The Hall–Kier alpha value is -2.12. The number of benzene rings is 1. The van der Waals surface area contributed by atoms with Crippen molar-refractivity contribution in [2.24, 2.45) is 0 Å². The molecule has 2 heterocycles. The number of halogens is 1. The number of anilines is 1. The molecular formula is C15H14ClN5OS. The minimum Gasteiger partial charge on any atom is -0.324 e. The lowest BCUT2D eigenvalue weighted by molar-refractivity contribution is -0.113. The summed E-state index contributed by atoms with van der Waals surface area (Å²) in [5.41, 5.74) is 3.16. The number of thioether (sulfide) groups is 1. The van der Waals surface area contributed by atoms with Crippen LogP contribution in [0.15, 0.2) is 35.5 Å². The van der Waals surface area contributed by atoms with Gasteiger partial charge in [-0.2, -0.15) is 9.61 Å². The highest BCUT2D eigenvalue weighted by Gasteiger charge is 2.13. The first-order chi connectivity index (χ1) is 11.0. The molecule has 0 saturated heterocycles. The highest BCUT2D eigenvalue weighted by atomic mass is 35.5. The van der Waals surface area contributed by atoms with E-state index < -0.39 is 0 Å². The number of fused-ring (bicyclic) bond motifs is 1. The first kappa shape index (κ1) is 15.8. The monoisotopic (exact) mass is 347 g/mol. The van der Waals surface area contributed by atoms with Crippen LogP contribution in [0.4, 0.5) is 5.69 Å². The van der Waals surface area contributed by atoms with Crippen LogP contribution in [-0.2, 0) is 4.79 Å². The maximum absolute atomic E-state index is 12.1. The maximum atomic E-state index is 12.1. The van der Waals surface area contributed by atoms with Crippen molar-refractivity contribution in [1.29, 1.82) is 0 Å². The Labute approximate surface area is 142 Å². The van der Waals surface area contributed by atoms with E-state index in [2.05, 4.69) is 20.6 Å². The zero-order valence-electron chi connectivity index (χ0n) is 12.6. The molecule has 0 aliphatic rings. The second kappa shape index (κ2) is 6.55. The summed E-state index contributed by atoms with van der Waals surface area (Å²) in [7, 11) is 0. The van der Waals surface area contributed by atoms with Gasteiger partial charge in [0.2, 0.25) is 11.1 Å². The van der Waals surface area contributed by atoms with E-state index in [-0.39, 0.29) is 11.7 Å². The van der Waals surface area contributed by atoms with Crippen LogP contribution in [0, 0.1) is 13.8 Å². The summed E-state index contributed by atoms with van der Waals surface area (Å²) in [6.45, 7) is 3.86. The standard InChI is InChI=1S/C15H14ClN5OS/c1-9-7-10(2)20-21-14(9)18-19-15(21)23-8-13(22)17-12-6-4-3-5-11(12)16/h3-7H,8H2,1-2H3,(H,17,22). The number of nitrogens with zero attached hydrogens (tertiary/aromatic N) is 4. The van der Waals surface area contributed by atoms with Gasteiger partial charge in [-0.1, -0.05) is 35.5 Å². The smallest absolute Gasteiger partial charge is 0.234 e. The average Bonchev–Trinajstić information content (AvgIpc) is 2.91. The third-order valence-electron chi connectivity index (χ3n) is 3.13. The van der Waals surface area contributed by atoms with Crippen LogP contribution in [0.25, 0.3) is 5.65 Å². The lowest BCUT2D eigenvalue weighted by atomic mass is 10.3. The molecule has 3 aromatic rings. The summed E-state index contributed by atoms with van der Waals surface area (Å²) < 4.78 is 1.66. The van der Waals surface area contributed by atoms with Gasteiger partial charge >= 0.3 is 0 Å². The Morgan fingerprint density at radius 2 is 2.09 bits per heavy atom. The fourth-order valence-electron chi connectivity index (χ4n) is 2.13. The highest BCUT2D eigenvalue weighted by molar-refractivity contribution is 7.99. The van der Waals surface area contributed by atoms with Crippen LogP contribution in [-0.4, -0.2) is 31.5 Å². The number of aryl methyl sites for hydroxylation is 2. The zero-order chi connectivity index (χ0) is 16.4. The Balaban J connectivity index is 1.71. The first-order valence-corrected chi connectivity index (χ1v) is 8.28. The third kappa shape index (κ3) is 3.46. The maximum Gasteiger partial charge on any atom is 0.234 e. The van der Waals surface area contributed by atoms with Gasteiger partial charge in [0, 0.05) is 0 Å². The first-order valence-electron chi connectivity index (χ1n) is 6.91. The van der Waals surface area contributed by atoms with E-state index in [1.165, 1.54) is 11.8 Å². The Kier molecular flexibility index (Phi) is 4.49. The van der Waals surface area contributed by atoms with Crippen molar-refractivity contribution in [1.82, 2.24) is 19.8 Å². The van der Waals surface area contributed by atoms with Gasteiger partial charge in [-0.3, -0.25) is 4.79 Å². The molecule has 0 aliphatic carbocycles. The van der Waals surface area contributed by atoms with Gasteiger partial charge in [0.15, 0.2) is 5.65 Å². The number of hydrogen-bond acceptors (Lipinski definition) is 5. The van der Waals surface area contributed by atoms with E-state index in [0.717, 1.165) is 11.3 Å². The SMILES string of the molecule is Cc1cc(C)c2nnc(SCC(=O)Nc3ccccc3Cl)n2n1. The normalized spacial score (nSPS) is 10.9. The number of para-hydroxylation sites is 1. The number of rotatable bonds is 4. The quantitative estimate of drug-likeness (QED) is 0.734. The molecule has 0 saturated carbocycles. The molecule has 1 amide bonds. The molecule has 0 unspecified atom stereocenters. The van der Waals surface area contributed by atoms with Gasteiger partial charge < -0.3 is 5.32 Å². The molecule has 1 N–H and O–H groups in total. The summed E-state index contributed by atoms with van der Waals surface area (Å²) in [6, 6.07) is 9.06. The molecule has 1 aromatic carbocycles. The number of hydrogen-bond donors (Lipinski definition) is 1. The summed E-state index contributed by atoms with van der Waals surface area (Å²) in [6.07, 6.45) is 0. The summed E-state index contributed by atoms with van der Waals surface area (Å²) >= 11 is 7.30. The van der Waals surface area contributed by atoms with E-state index >= 15 is 0 Å². The number of carbonyl (C=O) groups excluding carboxylic acids is 1. The fraction of sp³-hybridized carbons (Fsp3) is 0.200.